The molecule has 2 fully saturated rings. The zero-order valence-corrected chi connectivity index (χ0v) is 11.7. The second-order valence-corrected chi connectivity index (χ2v) is 5.55. The van der Waals surface area contributed by atoms with Crippen molar-refractivity contribution in [2.45, 2.75) is 25.2 Å². The fourth-order valence-electron chi connectivity index (χ4n) is 2.48. The Balaban J connectivity index is 1.35. The molecule has 0 bridgehead atoms. The van der Waals surface area contributed by atoms with Gasteiger partial charge in [0.1, 0.15) is 5.69 Å². The maximum Gasteiger partial charge on any atom is 0.271 e. The number of morpholine rings is 1. The first-order chi connectivity index (χ1) is 9.83. The van der Waals surface area contributed by atoms with E-state index in [2.05, 4.69) is 20.4 Å². The van der Waals surface area contributed by atoms with Gasteiger partial charge < -0.3 is 10.1 Å². The lowest BCUT2D eigenvalue weighted by Gasteiger charge is -2.26. The van der Waals surface area contributed by atoms with Gasteiger partial charge in [-0.25, -0.2) is 0 Å². The van der Waals surface area contributed by atoms with Crippen molar-refractivity contribution in [2.24, 2.45) is 0 Å². The van der Waals surface area contributed by atoms with Gasteiger partial charge in [-0.3, -0.25) is 14.8 Å². The molecule has 1 aromatic heterocycles. The Hall–Kier alpha value is -1.40. The fraction of sp³-hybridized carbons (Fsp3) is 0.714. The highest BCUT2D eigenvalue weighted by atomic mass is 16.5. The van der Waals surface area contributed by atoms with Crippen LogP contribution in [-0.4, -0.2) is 60.4 Å². The van der Waals surface area contributed by atoms with Crippen LogP contribution in [0.15, 0.2) is 6.07 Å². The van der Waals surface area contributed by atoms with E-state index in [9.17, 15) is 4.79 Å². The average Bonchev–Trinajstić information content (AvgIpc) is 3.22. The van der Waals surface area contributed by atoms with Gasteiger partial charge in [-0.2, -0.15) is 5.10 Å². The van der Waals surface area contributed by atoms with Crippen LogP contribution < -0.4 is 5.32 Å². The van der Waals surface area contributed by atoms with Crippen molar-refractivity contribution in [2.75, 3.05) is 39.4 Å². The molecule has 1 saturated heterocycles. The zero-order chi connectivity index (χ0) is 13.8. The summed E-state index contributed by atoms with van der Waals surface area (Å²) in [5.74, 6) is 0.528. The van der Waals surface area contributed by atoms with Gasteiger partial charge in [0.15, 0.2) is 0 Å². The summed E-state index contributed by atoms with van der Waals surface area (Å²) in [6.45, 7) is 5.35. The number of carbonyl (C=O) groups is 1. The maximum atomic E-state index is 11.9. The number of rotatable bonds is 6. The van der Waals surface area contributed by atoms with Crippen molar-refractivity contribution in [1.82, 2.24) is 20.4 Å². The third kappa shape index (κ3) is 3.58. The standard InChI is InChI=1S/C14H22N4O2/c19-14(13-10-12(16-17-13)11-2-3-11)15-4-1-5-18-6-8-20-9-7-18/h10-11H,1-9H2,(H,15,19)(H,16,17). The molecule has 0 atom stereocenters. The number of nitrogens with zero attached hydrogens (tertiary/aromatic N) is 2. The van der Waals surface area contributed by atoms with Gasteiger partial charge in [0, 0.05) is 31.2 Å². The van der Waals surface area contributed by atoms with Crippen LogP contribution in [0.5, 0.6) is 0 Å². The second kappa shape index (κ2) is 6.37. The van der Waals surface area contributed by atoms with Crippen LogP contribution in [0.3, 0.4) is 0 Å². The summed E-state index contributed by atoms with van der Waals surface area (Å²) in [6, 6.07) is 1.88. The van der Waals surface area contributed by atoms with E-state index in [0.717, 1.165) is 45.0 Å². The molecule has 0 unspecified atom stereocenters. The molecule has 1 saturated carbocycles. The normalized spacial score (nSPS) is 20.0. The summed E-state index contributed by atoms with van der Waals surface area (Å²) in [4.78, 5) is 14.3. The van der Waals surface area contributed by atoms with Gasteiger partial charge in [-0.15, -0.1) is 0 Å². The molecule has 1 amide bonds. The van der Waals surface area contributed by atoms with Gasteiger partial charge in [0.25, 0.3) is 5.91 Å². The van der Waals surface area contributed by atoms with Gasteiger partial charge >= 0.3 is 0 Å². The van der Waals surface area contributed by atoms with Gasteiger partial charge in [-0.1, -0.05) is 0 Å². The zero-order valence-electron chi connectivity index (χ0n) is 11.7. The van der Waals surface area contributed by atoms with E-state index in [1.807, 2.05) is 6.07 Å². The number of aromatic amines is 1. The predicted octanol–water partition coefficient (Wildman–Crippen LogP) is 0.739. The van der Waals surface area contributed by atoms with Crippen molar-refractivity contribution >= 4 is 5.91 Å². The molecule has 110 valence electrons. The molecular formula is C14H22N4O2. The Kier molecular flexibility index (Phi) is 4.32. The maximum absolute atomic E-state index is 11.9. The van der Waals surface area contributed by atoms with Crippen molar-refractivity contribution < 1.29 is 9.53 Å². The molecule has 0 radical (unpaired) electrons. The summed E-state index contributed by atoms with van der Waals surface area (Å²) in [6.07, 6.45) is 3.39. The quantitative estimate of drug-likeness (QED) is 0.753. The van der Waals surface area contributed by atoms with Crippen molar-refractivity contribution in [3.05, 3.63) is 17.5 Å². The first-order valence-electron chi connectivity index (χ1n) is 7.46. The number of nitrogens with one attached hydrogen (secondary N) is 2. The van der Waals surface area contributed by atoms with E-state index in [0.29, 0.717) is 18.2 Å². The summed E-state index contributed by atoms with van der Waals surface area (Å²) < 4.78 is 5.31. The summed E-state index contributed by atoms with van der Waals surface area (Å²) in [5, 5.41) is 9.97. The number of hydrogen-bond acceptors (Lipinski definition) is 4. The van der Waals surface area contributed by atoms with Gasteiger partial charge in [-0.05, 0) is 31.9 Å². The molecule has 6 heteroatoms. The van der Waals surface area contributed by atoms with Crippen molar-refractivity contribution in [3.8, 4) is 0 Å². The number of carbonyl (C=O) groups excluding carboxylic acids is 1. The number of amides is 1. The Bertz CT molecular complexity index is 450. The Morgan fingerprint density at radius 2 is 2.25 bits per heavy atom. The molecule has 1 aliphatic carbocycles. The van der Waals surface area contributed by atoms with E-state index in [1.165, 1.54) is 12.8 Å². The third-order valence-corrected chi connectivity index (χ3v) is 3.89. The number of H-pyrrole nitrogens is 1. The van der Waals surface area contributed by atoms with Gasteiger partial charge in [0.05, 0.1) is 13.2 Å². The van der Waals surface area contributed by atoms with Crippen molar-refractivity contribution in [1.29, 1.82) is 0 Å². The lowest BCUT2D eigenvalue weighted by Crippen LogP contribution is -2.38. The summed E-state index contributed by atoms with van der Waals surface area (Å²) in [5.41, 5.74) is 1.61. The van der Waals surface area contributed by atoms with Gasteiger partial charge in [0.2, 0.25) is 0 Å². The van der Waals surface area contributed by atoms with E-state index in [4.69, 9.17) is 4.74 Å². The van der Waals surface area contributed by atoms with Crippen LogP contribution >= 0.6 is 0 Å². The second-order valence-electron chi connectivity index (χ2n) is 5.55. The van der Waals surface area contributed by atoms with Crippen LogP contribution in [0.1, 0.15) is 41.4 Å². The molecule has 6 nitrogen and oxygen atoms in total. The van der Waals surface area contributed by atoms with Crippen LogP contribution in [0, 0.1) is 0 Å². The Morgan fingerprint density at radius 1 is 1.45 bits per heavy atom. The predicted molar refractivity (Wildman–Crippen MR) is 74.8 cm³/mol. The van der Waals surface area contributed by atoms with Crippen LogP contribution in [0.2, 0.25) is 0 Å². The van der Waals surface area contributed by atoms with Crippen LogP contribution in [-0.2, 0) is 4.74 Å². The minimum absolute atomic E-state index is 0.0740. The topological polar surface area (TPSA) is 70.2 Å². The summed E-state index contributed by atoms with van der Waals surface area (Å²) in [7, 11) is 0. The fourth-order valence-corrected chi connectivity index (χ4v) is 2.48. The van der Waals surface area contributed by atoms with E-state index in [-0.39, 0.29) is 5.91 Å². The van der Waals surface area contributed by atoms with E-state index >= 15 is 0 Å². The molecule has 2 N–H and O–H groups in total. The first kappa shape index (κ1) is 13.6. The largest absolute Gasteiger partial charge is 0.379 e. The minimum atomic E-state index is -0.0740. The lowest BCUT2D eigenvalue weighted by molar-refractivity contribution is 0.0374. The highest BCUT2D eigenvalue weighted by Crippen LogP contribution is 2.38. The molecule has 2 heterocycles. The first-order valence-corrected chi connectivity index (χ1v) is 7.46. The molecule has 1 aliphatic heterocycles. The Labute approximate surface area is 118 Å². The molecule has 0 aromatic carbocycles. The van der Waals surface area contributed by atoms with Crippen LogP contribution in [0.4, 0.5) is 0 Å². The van der Waals surface area contributed by atoms with Crippen molar-refractivity contribution in [3.63, 3.8) is 0 Å². The number of ether oxygens (including phenoxy) is 1. The highest BCUT2D eigenvalue weighted by molar-refractivity contribution is 5.92. The minimum Gasteiger partial charge on any atom is -0.379 e. The average molecular weight is 278 g/mol. The number of aromatic nitrogens is 2. The van der Waals surface area contributed by atoms with E-state index < -0.39 is 0 Å². The third-order valence-electron chi connectivity index (χ3n) is 3.89. The molecule has 3 rings (SSSR count). The smallest absolute Gasteiger partial charge is 0.271 e. The van der Waals surface area contributed by atoms with Crippen LogP contribution in [0.25, 0.3) is 0 Å². The highest BCUT2D eigenvalue weighted by Gasteiger charge is 2.26. The molecule has 0 spiro atoms. The SMILES string of the molecule is O=C(NCCCN1CCOCC1)c1cc(C2CC2)[nH]n1. The summed E-state index contributed by atoms with van der Waals surface area (Å²) >= 11 is 0. The number of hydrogen-bond donors (Lipinski definition) is 2. The van der Waals surface area contributed by atoms with E-state index in [1.54, 1.807) is 0 Å². The molecule has 1 aromatic rings. The Morgan fingerprint density at radius 3 is 3.00 bits per heavy atom. The lowest BCUT2D eigenvalue weighted by atomic mass is 10.2. The molecule has 20 heavy (non-hydrogen) atoms. The monoisotopic (exact) mass is 278 g/mol. The molecule has 2 aliphatic rings. The molecular weight excluding hydrogens is 256 g/mol.